The smallest absolute Gasteiger partial charge is 0.309 e. The van der Waals surface area contributed by atoms with Crippen LogP contribution in [0.5, 0.6) is 0 Å². The second-order valence-electron chi connectivity index (χ2n) is 9.14. The summed E-state index contributed by atoms with van der Waals surface area (Å²) in [7, 11) is 0. The summed E-state index contributed by atoms with van der Waals surface area (Å²) >= 11 is 0. The standard InChI is InChI=1S/C28H28N2O3/c1-18-12-13-21(16-29-18)26(30-27(31)24-14-22(24)19-8-4-2-5-9-19)17-33-28(32)25-15-23(25)20-10-6-3-7-11-20/h2-13,16,22-26H,14-15,17H2,1H3,(H,30,31)/t22-,23-,24+,25+,26+/m1/s1. The molecule has 5 heteroatoms. The average Bonchev–Trinajstić information content (AvgIpc) is 3.77. The number of benzene rings is 2. The predicted octanol–water partition coefficient (Wildman–Crippen LogP) is 4.70. The summed E-state index contributed by atoms with van der Waals surface area (Å²) in [5.74, 6) is 0.131. The van der Waals surface area contributed by atoms with Gasteiger partial charge in [-0.1, -0.05) is 66.7 Å². The van der Waals surface area contributed by atoms with Crippen LogP contribution >= 0.6 is 0 Å². The third kappa shape index (κ3) is 4.98. The van der Waals surface area contributed by atoms with Crippen LogP contribution in [0.25, 0.3) is 0 Å². The van der Waals surface area contributed by atoms with Crippen molar-refractivity contribution in [3.05, 3.63) is 101 Å². The van der Waals surface area contributed by atoms with E-state index < -0.39 is 6.04 Å². The molecule has 2 aromatic carbocycles. The minimum absolute atomic E-state index is 0.000869. The van der Waals surface area contributed by atoms with Gasteiger partial charge in [0.15, 0.2) is 0 Å². The number of amides is 1. The van der Waals surface area contributed by atoms with E-state index in [2.05, 4.69) is 34.6 Å². The van der Waals surface area contributed by atoms with Gasteiger partial charge >= 0.3 is 5.97 Å². The quantitative estimate of drug-likeness (QED) is 0.516. The monoisotopic (exact) mass is 440 g/mol. The van der Waals surface area contributed by atoms with Gasteiger partial charge < -0.3 is 10.1 Å². The van der Waals surface area contributed by atoms with Crippen molar-refractivity contribution in [3.63, 3.8) is 0 Å². The van der Waals surface area contributed by atoms with E-state index in [-0.39, 0.29) is 42.2 Å². The molecule has 2 fully saturated rings. The zero-order chi connectivity index (χ0) is 22.8. The van der Waals surface area contributed by atoms with E-state index in [9.17, 15) is 9.59 Å². The van der Waals surface area contributed by atoms with Gasteiger partial charge in [0.05, 0.1) is 12.0 Å². The van der Waals surface area contributed by atoms with Crippen molar-refractivity contribution in [2.75, 3.05) is 6.61 Å². The van der Waals surface area contributed by atoms with Crippen LogP contribution in [0.15, 0.2) is 79.0 Å². The Bertz CT molecular complexity index is 1110. The van der Waals surface area contributed by atoms with Crippen LogP contribution in [-0.2, 0) is 14.3 Å². The molecule has 0 bridgehead atoms. The number of hydrogen-bond acceptors (Lipinski definition) is 4. The van der Waals surface area contributed by atoms with Crippen molar-refractivity contribution in [2.45, 2.75) is 37.6 Å². The lowest BCUT2D eigenvalue weighted by molar-refractivity contribution is -0.146. The normalized spacial score (nSPS) is 23.9. The van der Waals surface area contributed by atoms with Gasteiger partial charge in [-0.15, -0.1) is 0 Å². The number of ether oxygens (including phenoxy) is 1. The van der Waals surface area contributed by atoms with E-state index in [1.807, 2.05) is 55.5 Å². The number of rotatable bonds is 8. The predicted molar refractivity (Wildman–Crippen MR) is 125 cm³/mol. The molecule has 0 radical (unpaired) electrons. The Morgan fingerprint density at radius 1 is 0.909 bits per heavy atom. The first-order chi connectivity index (χ1) is 16.1. The largest absolute Gasteiger partial charge is 0.463 e. The van der Waals surface area contributed by atoms with Gasteiger partial charge in [0.25, 0.3) is 0 Å². The van der Waals surface area contributed by atoms with Crippen molar-refractivity contribution in [1.29, 1.82) is 0 Å². The Hall–Kier alpha value is -3.47. The van der Waals surface area contributed by atoms with Gasteiger partial charge in [-0.2, -0.15) is 0 Å². The molecule has 33 heavy (non-hydrogen) atoms. The topological polar surface area (TPSA) is 68.3 Å². The fourth-order valence-corrected chi connectivity index (χ4v) is 4.54. The molecule has 0 spiro atoms. The highest BCUT2D eigenvalue weighted by molar-refractivity contribution is 5.83. The zero-order valence-electron chi connectivity index (χ0n) is 18.7. The average molecular weight is 441 g/mol. The lowest BCUT2D eigenvalue weighted by atomic mass is 10.1. The third-order valence-corrected chi connectivity index (χ3v) is 6.72. The molecule has 0 aliphatic heterocycles. The molecule has 5 atom stereocenters. The van der Waals surface area contributed by atoms with Crippen molar-refractivity contribution in [3.8, 4) is 0 Å². The first kappa shape index (κ1) is 21.4. The van der Waals surface area contributed by atoms with E-state index in [0.29, 0.717) is 0 Å². The summed E-state index contributed by atoms with van der Waals surface area (Å²) < 4.78 is 5.70. The number of aryl methyl sites for hydroxylation is 1. The van der Waals surface area contributed by atoms with Crippen molar-refractivity contribution >= 4 is 11.9 Å². The second kappa shape index (κ2) is 9.18. The van der Waals surface area contributed by atoms with E-state index in [4.69, 9.17) is 4.74 Å². The Labute approximate surface area is 194 Å². The van der Waals surface area contributed by atoms with E-state index in [1.165, 1.54) is 11.1 Å². The van der Waals surface area contributed by atoms with E-state index in [0.717, 1.165) is 24.1 Å². The van der Waals surface area contributed by atoms with E-state index >= 15 is 0 Å². The number of esters is 1. The molecular weight excluding hydrogens is 412 g/mol. The molecule has 168 valence electrons. The molecule has 3 aromatic rings. The van der Waals surface area contributed by atoms with Crippen LogP contribution in [0.4, 0.5) is 0 Å². The zero-order valence-corrected chi connectivity index (χ0v) is 18.7. The van der Waals surface area contributed by atoms with Crippen molar-refractivity contribution in [2.24, 2.45) is 11.8 Å². The minimum Gasteiger partial charge on any atom is -0.463 e. The molecular formula is C28H28N2O3. The molecule has 1 aromatic heterocycles. The molecule has 5 rings (SSSR count). The van der Waals surface area contributed by atoms with Gasteiger partial charge in [-0.25, -0.2) is 0 Å². The number of hydrogen-bond donors (Lipinski definition) is 1. The van der Waals surface area contributed by atoms with Gasteiger partial charge in [-0.05, 0) is 54.4 Å². The molecule has 0 unspecified atom stereocenters. The highest BCUT2D eigenvalue weighted by Gasteiger charge is 2.46. The van der Waals surface area contributed by atoms with E-state index in [1.54, 1.807) is 6.20 Å². The number of nitrogens with one attached hydrogen (secondary N) is 1. The maximum absolute atomic E-state index is 13.0. The number of nitrogens with zero attached hydrogens (tertiary/aromatic N) is 1. The molecule has 0 saturated heterocycles. The highest BCUT2D eigenvalue weighted by atomic mass is 16.5. The summed E-state index contributed by atoms with van der Waals surface area (Å²) in [6.07, 6.45) is 3.40. The molecule has 1 N–H and O–H groups in total. The van der Waals surface area contributed by atoms with Gasteiger partial charge in [0.1, 0.15) is 6.61 Å². The molecule has 2 saturated carbocycles. The number of aromatic nitrogens is 1. The SMILES string of the molecule is Cc1ccc([C@H](COC(=O)[C@H]2C[C@@H]2c2ccccc2)NC(=O)[C@H]2C[C@@H]2c2ccccc2)cn1. The van der Waals surface area contributed by atoms with Gasteiger partial charge in [0, 0.05) is 17.8 Å². The van der Waals surface area contributed by atoms with Crippen molar-refractivity contribution in [1.82, 2.24) is 10.3 Å². The number of carbonyl (C=O) groups is 2. The fourth-order valence-electron chi connectivity index (χ4n) is 4.54. The first-order valence-electron chi connectivity index (χ1n) is 11.6. The molecule has 1 heterocycles. The van der Waals surface area contributed by atoms with Crippen LogP contribution in [0.2, 0.25) is 0 Å². The van der Waals surface area contributed by atoms with Gasteiger partial charge in [-0.3, -0.25) is 14.6 Å². The van der Waals surface area contributed by atoms with Crippen LogP contribution in [0, 0.1) is 18.8 Å². The molecule has 1 amide bonds. The molecule has 2 aliphatic rings. The first-order valence-corrected chi connectivity index (χ1v) is 11.6. The second-order valence-corrected chi connectivity index (χ2v) is 9.14. The maximum atomic E-state index is 13.0. The molecule has 2 aliphatic carbocycles. The van der Waals surface area contributed by atoms with Crippen LogP contribution < -0.4 is 5.32 Å². The fraction of sp³-hybridized carbons (Fsp3) is 0.321. The Morgan fingerprint density at radius 2 is 1.52 bits per heavy atom. The summed E-state index contributed by atoms with van der Waals surface area (Å²) in [6.45, 7) is 2.03. The van der Waals surface area contributed by atoms with Gasteiger partial charge in [0.2, 0.25) is 5.91 Å². The lowest BCUT2D eigenvalue weighted by Crippen LogP contribution is -2.34. The third-order valence-electron chi connectivity index (χ3n) is 6.72. The van der Waals surface area contributed by atoms with Crippen LogP contribution in [-0.4, -0.2) is 23.5 Å². The Kier molecular flexibility index (Phi) is 5.95. The van der Waals surface area contributed by atoms with Crippen molar-refractivity contribution < 1.29 is 14.3 Å². The van der Waals surface area contributed by atoms with Crippen LogP contribution in [0.1, 0.15) is 53.1 Å². The summed E-state index contributed by atoms with van der Waals surface area (Å²) in [4.78, 5) is 30.1. The minimum atomic E-state index is -0.416. The summed E-state index contributed by atoms with van der Waals surface area (Å²) in [5, 5.41) is 3.12. The Balaban J connectivity index is 1.22. The lowest BCUT2D eigenvalue weighted by Gasteiger charge is -2.19. The maximum Gasteiger partial charge on any atom is 0.309 e. The Morgan fingerprint density at radius 3 is 2.12 bits per heavy atom. The van der Waals surface area contributed by atoms with Crippen LogP contribution in [0.3, 0.4) is 0 Å². The summed E-state index contributed by atoms with van der Waals surface area (Å²) in [6, 6.07) is 23.6. The highest BCUT2D eigenvalue weighted by Crippen LogP contribution is 2.49. The summed E-state index contributed by atoms with van der Waals surface area (Å²) in [5.41, 5.74) is 4.11. The number of carbonyl (C=O) groups excluding carboxylic acids is 2. The molecule has 5 nitrogen and oxygen atoms in total. The number of pyridine rings is 1.